The van der Waals surface area contributed by atoms with Gasteiger partial charge in [-0.2, -0.15) is 4.31 Å². The van der Waals surface area contributed by atoms with E-state index in [1.165, 1.54) is 42.5 Å². The highest BCUT2D eigenvalue weighted by Crippen LogP contribution is 2.33. The van der Waals surface area contributed by atoms with Gasteiger partial charge in [-0.25, -0.2) is 13.2 Å². The van der Waals surface area contributed by atoms with Gasteiger partial charge in [-0.05, 0) is 56.8 Å². The van der Waals surface area contributed by atoms with Crippen LogP contribution in [0.25, 0.3) is 0 Å². The van der Waals surface area contributed by atoms with E-state index in [-0.39, 0.29) is 16.4 Å². The third kappa shape index (κ3) is 4.59. The van der Waals surface area contributed by atoms with Gasteiger partial charge in [-0.1, -0.05) is 6.92 Å². The van der Waals surface area contributed by atoms with Crippen LogP contribution in [0.4, 0.5) is 4.79 Å². The summed E-state index contributed by atoms with van der Waals surface area (Å²) in [5.74, 6) is 1.06. The van der Waals surface area contributed by atoms with Crippen LogP contribution in [-0.4, -0.2) is 63.0 Å². The van der Waals surface area contributed by atoms with Crippen molar-refractivity contribution in [2.24, 2.45) is 11.7 Å². The minimum atomic E-state index is -3.77. The third-order valence-electron chi connectivity index (χ3n) is 5.73. The molecule has 2 aliphatic heterocycles. The van der Waals surface area contributed by atoms with Crippen molar-refractivity contribution in [1.82, 2.24) is 9.21 Å². The van der Waals surface area contributed by atoms with Crippen molar-refractivity contribution in [3.63, 3.8) is 0 Å². The zero-order valence-corrected chi connectivity index (χ0v) is 17.3. The van der Waals surface area contributed by atoms with Crippen LogP contribution in [-0.2, 0) is 10.0 Å². The predicted octanol–water partition coefficient (Wildman–Crippen LogP) is 2.04. The van der Waals surface area contributed by atoms with E-state index in [9.17, 15) is 13.2 Å². The molecule has 9 heteroatoms. The SMILES string of the molecule is COc1ccc(OC(N)=O)cc1S(=O)(=O)N1CCC(N2CCC(C)CC2)CC1. The number of ether oxygens (including phenoxy) is 2. The predicted molar refractivity (Wildman–Crippen MR) is 105 cm³/mol. The molecule has 0 unspecified atom stereocenters. The maximum absolute atomic E-state index is 13.2. The quantitative estimate of drug-likeness (QED) is 0.795. The molecule has 2 heterocycles. The van der Waals surface area contributed by atoms with Crippen LogP contribution >= 0.6 is 0 Å². The Morgan fingerprint density at radius 1 is 1.11 bits per heavy atom. The van der Waals surface area contributed by atoms with Crippen LogP contribution in [0.2, 0.25) is 0 Å². The number of carbonyl (C=O) groups excluding carboxylic acids is 1. The lowest BCUT2D eigenvalue weighted by Crippen LogP contribution is -2.48. The first-order valence-electron chi connectivity index (χ1n) is 9.70. The fraction of sp³-hybridized carbons (Fsp3) is 0.632. The standard InChI is InChI=1S/C19H29N3O5S/c1-14-5-9-21(10-6-14)15-7-11-22(12-8-15)28(24,25)18-13-16(27-19(20)23)3-4-17(18)26-2/h3-4,13-15H,5-12H2,1-2H3,(H2,20,23). The van der Waals surface area contributed by atoms with Crippen molar-refractivity contribution in [1.29, 1.82) is 0 Å². The van der Waals surface area contributed by atoms with Crippen LogP contribution in [0.15, 0.2) is 23.1 Å². The number of methoxy groups -OCH3 is 1. The largest absolute Gasteiger partial charge is 0.495 e. The highest BCUT2D eigenvalue weighted by Gasteiger charge is 2.34. The van der Waals surface area contributed by atoms with Gasteiger partial charge in [-0.15, -0.1) is 0 Å². The van der Waals surface area contributed by atoms with E-state index in [2.05, 4.69) is 11.8 Å². The summed E-state index contributed by atoms with van der Waals surface area (Å²) in [5, 5.41) is 0. The molecule has 28 heavy (non-hydrogen) atoms. The normalized spacial score (nSPS) is 20.8. The lowest BCUT2D eigenvalue weighted by atomic mass is 9.95. The van der Waals surface area contributed by atoms with E-state index >= 15 is 0 Å². The molecule has 3 rings (SSSR count). The summed E-state index contributed by atoms with van der Waals surface area (Å²) in [4.78, 5) is 13.5. The molecule has 0 aromatic heterocycles. The fourth-order valence-electron chi connectivity index (χ4n) is 4.02. The number of benzene rings is 1. The number of nitrogens with zero attached hydrogens (tertiary/aromatic N) is 2. The van der Waals surface area contributed by atoms with Gasteiger partial charge in [0.15, 0.2) is 0 Å². The molecule has 0 spiro atoms. The summed E-state index contributed by atoms with van der Waals surface area (Å²) < 4.78 is 37.9. The summed E-state index contributed by atoms with van der Waals surface area (Å²) in [7, 11) is -2.36. The molecule has 2 saturated heterocycles. The highest BCUT2D eigenvalue weighted by molar-refractivity contribution is 7.89. The van der Waals surface area contributed by atoms with E-state index in [4.69, 9.17) is 15.2 Å². The van der Waals surface area contributed by atoms with Crippen LogP contribution < -0.4 is 15.2 Å². The zero-order valence-electron chi connectivity index (χ0n) is 16.5. The van der Waals surface area contributed by atoms with Gasteiger partial charge in [0, 0.05) is 25.2 Å². The molecule has 0 bridgehead atoms. The number of nitrogens with two attached hydrogens (primary N) is 1. The molecule has 156 valence electrons. The smallest absolute Gasteiger partial charge is 0.409 e. The number of hydrogen-bond donors (Lipinski definition) is 1. The van der Waals surface area contributed by atoms with Gasteiger partial charge in [0.25, 0.3) is 0 Å². The molecular formula is C19H29N3O5S. The highest BCUT2D eigenvalue weighted by atomic mass is 32.2. The average molecular weight is 412 g/mol. The molecule has 8 nitrogen and oxygen atoms in total. The van der Waals surface area contributed by atoms with E-state index < -0.39 is 16.1 Å². The van der Waals surface area contributed by atoms with Crippen molar-refractivity contribution < 1.29 is 22.7 Å². The van der Waals surface area contributed by atoms with E-state index in [1.807, 2.05) is 0 Å². The van der Waals surface area contributed by atoms with Gasteiger partial charge in [-0.3, -0.25) is 0 Å². The number of piperidine rings is 2. The second-order valence-electron chi connectivity index (χ2n) is 7.59. The Morgan fingerprint density at radius 3 is 2.32 bits per heavy atom. The Kier molecular flexibility index (Phi) is 6.47. The Balaban J connectivity index is 1.72. The summed E-state index contributed by atoms with van der Waals surface area (Å²) in [5.41, 5.74) is 5.03. The van der Waals surface area contributed by atoms with Crippen molar-refractivity contribution in [2.45, 2.75) is 43.5 Å². The van der Waals surface area contributed by atoms with Crippen molar-refractivity contribution in [2.75, 3.05) is 33.3 Å². The summed E-state index contributed by atoms with van der Waals surface area (Å²) in [6, 6.07) is 4.64. The molecule has 2 N–H and O–H groups in total. The van der Waals surface area contributed by atoms with E-state index in [0.29, 0.717) is 19.1 Å². The fourth-order valence-corrected chi connectivity index (χ4v) is 5.66. The van der Waals surface area contributed by atoms with Crippen molar-refractivity contribution in [3.8, 4) is 11.5 Å². The van der Waals surface area contributed by atoms with Crippen LogP contribution in [0.5, 0.6) is 11.5 Å². The Labute approximate surface area is 166 Å². The molecule has 0 saturated carbocycles. The zero-order chi connectivity index (χ0) is 20.3. The minimum Gasteiger partial charge on any atom is -0.495 e. The second kappa shape index (κ2) is 8.67. The number of sulfonamides is 1. The number of hydrogen-bond acceptors (Lipinski definition) is 6. The van der Waals surface area contributed by atoms with Gasteiger partial charge >= 0.3 is 6.09 Å². The number of amides is 1. The van der Waals surface area contributed by atoms with E-state index in [0.717, 1.165) is 31.8 Å². The first-order chi connectivity index (χ1) is 13.3. The summed E-state index contributed by atoms with van der Waals surface area (Å²) >= 11 is 0. The maximum atomic E-state index is 13.2. The number of carbonyl (C=O) groups is 1. The monoisotopic (exact) mass is 411 g/mol. The Hall–Kier alpha value is -1.84. The number of primary amides is 1. The third-order valence-corrected chi connectivity index (χ3v) is 7.65. The first-order valence-corrected chi connectivity index (χ1v) is 11.1. The molecule has 1 aromatic carbocycles. The van der Waals surface area contributed by atoms with Crippen LogP contribution in [0.3, 0.4) is 0 Å². The van der Waals surface area contributed by atoms with Crippen LogP contribution in [0, 0.1) is 5.92 Å². The van der Waals surface area contributed by atoms with Crippen molar-refractivity contribution >= 4 is 16.1 Å². The first kappa shape index (κ1) is 20.9. The molecule has 1 aromatic rings. The topological polar surface area (TPSA) is 102 Å². The summed E-state index contributed by atoms with van der Waals surface area (Å²) in [6.07, 6.45) is 3.05. The Morgan fingerprint density at radius 2 is 1.75 bits per heavy atom. The number of likely N-dealkylation sites (tertiary alicyclic amines) is 1. The molecule has 2 fully saturated rings. The minimum absolute atomic E-state index is 0.0148. The van der Waals surface area contributed by atoms with Gasteiger partial charge in [0.05, 0.1) is 7.11 Å². The molecule has 0 radical (unpaired) electrons. The molecular weight excluding hydrogens is 382 g/mol. The maximum Gasteiger partial charge on any atom is 0.409 e. The van der Waals surface area contributed by atoms with Crippen LogP contribution in [0.1, 0.15) is 32.6 Å². The molecule has 2 aliphatic rings. The van der Waals surface area contributed by atoms with Crippen molar-refractivity contribution in [3.05, 3.63) is 18.2 Å². The van der Waals surface area contributed by atoms with Gasteiger partial charge < -0.3 is 20.1 Å². The number of rotatable bonds is 5. The lowest BCUT2D eigenvalue weighted by Gasteiger charge is -2.41. The molecule has 0 atom stereocenters. The lowest BCUT2D eigenvalue weighted by molar-refractivity contribution is 0.101. The summed E-state index contributed by atoms with van der Waals surface area (Å²) in [6.45, 7) is 5.40. The molecule has 1 amide bonds. The van der Waals surface area contributed by atoms with Gasteiger partial charge in [0.2, 0.25) is 10.0 Å². The molecule has 0 aliphatic carbocycles. The Bertz CT molecular complexity index is 798. The van der Waals surface area contributed by atoms with E-state index in [1.54, 1.807) is 0 Å². The second-order valence-corrected chi connectivity index (χ2v) is 9.49. The van der Waals surface area contributed by atoms with Gasteiger partial charge in [0.1, 0.15) is 16.4 Å². The average Bonchev–Trinajstić information content (AvgIpc) is 2.68.